The monoisotopic (exact) mass is 355 g/mol. The summed E-state index contributed by atoms with van der Waals surface area (Å²) in [7, 11) is -2.48. The number of sulfonamides is 1. The van der Waals surface area contributed by atoms with Gasteiger partial charge in [-0.1, -0.05) is 0 Å². The van der Waals surface area contributed by atoms with Crippen molar-refractivity contribution in [3.05, 3.63) is 28.3 Å². The van der Waals surface area contributed by atoms with Crippen molar-refractivity contribution in [2.24, 2.45) is 5.92 Å². The fraction of sp³-hybridized carbons (Fsp3) is 0.600. The molecule has 0 spiro atoms. The molecule has 3 rings (SSSR count). The molecule has 1 aliphatic heterocycles. The Morgan fingerprint density at radius 2 is 2.12 bits per heavy atom. The normalized spacial score (nSPS) is 21.8. The molecule has 2 fully saturated rings. The lowest BCUT2D eigenvalue weighted by atomic mass is 10.1. The van der Waals surface area contributed by atoms with E-state index in [9.17, 15) is 18.5 Å². The van der Waals surface area contributed by atoms with E-state index in [1.54, 1.807) is 0 Å². The molecule has 0 amide bonds. The van der Waals surface area contributed by atoms with E-state index in [-0.39, 0.29) is 16.3 Å². The summed E-state index contributed by atoms with van der Waals surface area (Å²) in [5.41, 5.74) is -0.207. The Labute approximate surface area is 141 Å². The summed E-state index contributed by atoms with van der Waals surface area (Å²) in [6.45, 7) is 2.31. The number of nitrogens with zero attached hydrogens (tertiary/aromatic N) is 2. The summed E-state index contributed by atoms with van der Waals surface area (Å²) in [5.74, 6) is 0.271. The zero-order chi connectivity index (χ0) is 17.3. The molecule has 2 aliphatic rings. The molecule has 1 heterocycles. The van der Waals surface area contributed by atoms with Gasteiger partial charge in [0.1, 0.15) is 10.6 Å². The number of methoxy groups -OCH3 is 1. The molecule has 8 nitrogen and oxygen atoms in total. The van der Waals surface area contributed by atoms with E-state index in [0.29, 0.717) is 18.5 Å². The summed E-state index contributed by atoms with van der Waals surface area (Å²) < 4.78 is 32.6. The predicted molar refractivity (Wildman–Crippen MR) is 87.5 cm³/mol. The molecule has 1 aromatic carbocycles. The van der Waals surface area contributed by atoms with Crippen LogP contribution in [0.25, 0.3) is 0 Å². The molecule has 132 valence electrons. The van der Waals surface area contributed by atoms with Crippen molar-refractivity contribution in [1.29, 1.82) is 0 Å². The number of nitro groups is 1. The van der Waals surface area contributed by atoms with Crippen LogP contribution in [0.1, 0.15) is 19.3 Å². The van der Waals surface area contributed by atoms with Crippen LogP contribution in [0.15, 0.2) is 23.1 Å². The highest BCUT2D eigenvalue weighted by Gasteiger charge is 2.34. The third-order valence-electron chi connectivity index (χ3n) is 4.59. The highest BCUT2D eigenvalue weighted by Crippen LogP contribution is 2.32. The van der Waals surface area contributed by atoms with Crippen LogP contribution in [-0.2, 0) is 10.0 Å². The lowest BCUT2D eigenvalue weighted by molar-refractivity contribution is -0.385. The zero-order valence-electron chi connectivity index (χ0n) is 13.5. The Hall–Kier alpha value is -1.71. The van der Waals surface area contributed by atoms with Gasteiger partial charge in [0.15, 0.2) is 0 Å². The third-order valence-corrected chi connectivity index (χ3v) is 6.05. The molecule has 1 aliphatic carbocycles. The summed E-state index contributed by atoms with van der Waals surface area (Å²) in [6.07, 6.45) is 3.48. The van der Waals surface area contributed by atoms with Crippen molar-refractivity contribution in [1.82, 2.24) is 9.62 Å². The lowest BCUT2D eigenvalue weighted by Gasteiger charge is -2.16. The van der Waals surface area contributed by atoms with Gasteiger partial charge in [-0.2, -0.15) is 0 Å². The first-order valence-corrected chi connectivity index (χ1v) is 9.45. The molecule has 1 saturated heterocycles. The Morgan fingerprint density at radius 3 is 2.75 bits per heavy atom. The van der Waals surface area contributed by atoms with E-state index in [1.165, 1.54) is 32.1 Å². The molecule has 1 saturated carbocycles. The summed E-state index contributed by atoms with van der Waals surface area (Å²) in [4.78, 5) is 12.6. The van der Waals surface area contributed by atoms with Crippen LogP contribution >= 0.6 is 0 Å². The van der Waals surface area contributed by atoms with Crippen molar-refractivity contribution >= 4 is 15.7 Å². The first-order valence-electron chi connectivity index (χ1n) is 7.97. The maximum absolute atomic E-state index is 12.5. The minimum absolute atomic E-state index is 0.0253. The van der Waals surface area contributed by atoms with Crippen LogP contribution in [0.2, 0.25) is 0 Å². The van der Waals surface area contributed by atoms with Gasteiger partial charge in [-0.05, 0) is 37.8 Å². The third kappa shape index (κ3) is 3.68. The zero-order valence-corrected chi connectivity index (χ0v) is 14.3. The van der Waals surface area contributed by atoms with Gasteiger partial charge in [-0.15, -0.1) is 0 Å². The topological polar surface area (TPSA) is 102 Å². The Morgan fingerprint density at radius 1 is 1.38 bits per heavy atom. The number of hydrogen-bond acceptors (Lipinski definition) is 6. The van der Waals surface area contributed by atoms with Crippen LogP contribution < -0.4 is 9.46 Å². The lowest BCUT2D eigenvalue weighted by Crippen LogP contribution is -2.31. The molecule has 1 atom stereocenters. The molecule has 1 N–H and O–H groups in total. The molecule has 0 aromatic heterocycles. The largest absolute Gasteiger partial charge is 0.495 e. The molecule has 1 aromatic rings. The number of rotatable bonds is 7. The fourth-order valence-electron chi connectivity index (χ4n) is 3.10. The van der Waals surface area contributed by atoms with E-state index >= 15 is 0 Å². The molecule has 0 bridgehead atoms. The van der Waals surface area contributed by atoms with Crippen LogP contribution in [0.3, 0.4) is 0 Å². The quantitative estimate of drug-likeness (QED) is 0.585. The average molecular weight is 355 g/mol. The minimum atomic E-state index is -3.77. The number of likely N-dealkylation sites (tertiary alicyclic amines) is 1. The van der Waals surface area contributed by atoms with Crippen molar-refractivity contribution < 1.29 is 18.1 Å². The number of nitrogens with one attached hydrogen (secondary N) is 1. The van der Waals surface area contributed by atoms with Gasteiger partial charge in [0, 0.05) is 25.2 Å². The smallest absolute Gasteiger partial charge is 0.273 e. The number of ether oxygens (including phenoxy) is 1. The standard InChI is InChI=1S/C15H21N3O5S/c1-23-14-8-13(18(19)20)4-5-15(14)24(21,22)16-9-11-6-7-17(10-11)12-2-3-12/h4-5,8,11-12,16H,2-3,6-7,9-10H2,1H3/t11-/m0/s1. The SMILES string of the molecule is COc1cc([N+](=O)[O-])ccc1S(=O)(=O)NC[C@@H]1CCN(C2CC2)C1. The van der Waals surface area contributed by atoms with E-state index in [1.807, 2.05) is 0 Å². The summed E-state index contributed by atoms with van der Waals surface area (Å²) >= 11 is 0. The second-order valence-electron chi connectivity index (χ2n) is 6.32. The first-order chi connectivity index (χ1) is 11.4. The van der Waals surface area contributed by atoms with Gasteiger partial charge >= 0.3 is 0 Å². The second-order valence-corrected chi connectivity index (χ2v) is 8.06. The number of benzene rings is 1. The number of non-ortho nitro benzene ring substituents is 1. The maximum atomic E-state index is 12.5. The molecule has 0 unspecified atom stereocenters. The highest BCUT2D eigenvalue weighted by atomic mass is 32.2. The van der Waals surface area contributed by atoms with E-state index in [4.69, 9.17) is 4.74 Å². The number of nitro benzene ring substituents is 1. The second kappa shape index (κ2) is 6.66. The van der Waals surface area contributed by atoms with Crippen molar-refractivity contribution in [2.75, 3.05) is 26.7 Å². The van der Waals surface area contributed by atoms with Gasteiger partial charge in [0.05, 0.1) is 18.1 Å². The van der Waals surface area contributed by atoms with Gasteiger partial charge in [0.25, 0.3) is 5.69 Å². The van der Waals surface area contributed by atoms with Gasteiger partial charge in [-0.3, -0.25) is 10.1 Å². The van der Waals surface area contributed by atoms with Crippen molar-refractivity contribution in [3.8, 4) is 5.75 Å². The van der Waals surface area contributed by atoms with Gasteiger partial charge in [0.2, 0.25) is 10.0 Å². The number of hydrogen-bond donors (Lipinski definition) is 1. The van der Waals surface area contributed by atoms with Crippen LogP contribution in [0, 0.1) is 16.0 Å². The maximum Gasteiger partial charge on any atom is 0.273 e. The summed E-state index contributed by atoms with van der Waals surface area (Å²) in [5, 5.41) is 10.8. The average Bonchev–Trinajstić information content (AvgIpc) is 3.30. The molecule has 24 heavy (non-hydrogen) atoms. The minimum Gasteiger partial charge on any atom is -0.495 e. The Balaban J connectivity index is 1.67. The fourth-order valence-corrected chi connectivity index (χ4v) is 4.36. The Kier molecular flexibility index (Phi) is 4.75. The van der Waals surface area contributed by atoms with Crippen molar-refractivity contribution in [3.63, 3.8) is 0 Å². The van der Waals surface area contributed by atoms with E-state index in [0.717, 1.165) is 25.6 Å². The van der Waals surface area contributed by atoms with Gasteiger partial charge in [-0.25, -0.2) is 13.1 Å². The van der Waals surface area contributed by atoms with E-state index in [2.05, 4.69) is 9.62 Å². The first kappa shape index (κ1) is 17.1. The Bertz CT molecular complexity index is 733. The molecular weight excluding hydrogens is 334 g/mol. The van der Waals surface area contributed by atoms with Crippen LogP contribution in [0.5, 0.6) is 5.75 Å². The molecule has 0 radical (unpaired) electrons. The van der Waals surface area contributed by atoms with E-state index < -0.39 is 14.9 Å². The molecule has 9 heteroatoms. The van der Waals surface area contributed by atoms with Crippen LogP contribution in [-0.4, -0.2) is 51.0 Å². The van der Waals surface area contributed by atoms with Gasteiger partial charge < -0.3 is 9.64 Å². The van der Waals surface area contributed by atoms with Crippen LogP contribution in [0.4, 0.5) is 5.69 Å². The predicted octanol–water partition coefficient (Wildman–Crippen LogP) is 1.37. The summed E-state index contributed by atoms with van der Waals surface area (Å²) in [6, 6.07) is 4.20. The molecular formula is C15H21N3O5S. The van der Waals surface area contributed by atoms with Crippen molar-refractivity contribution in [2.45, 2.75) is 30.2 Å². The highest BCUT2D eigenvalue weighted by molar-refractivity contribution is 7.89.